The number of aliphatic carboxylic acids is 1. The molecule has 2 aliphatic rings. The summed E-state index contributed by atoms with van der Waals surface area (Å²) >= 11 is 0. The zero-order valence-corrected chi connectivity index (χ0v) is 23.2. The predicted octanol–water partition coefficient (Wildman–Crippen LogP) is 5.20. The number of hydrogen-bond donors (Lipinski definition) is 1. The van der Waals surface area contributed by atoms with Crippen molar-refractivity contribution in [2.24, 2.45) is 0 Å². The maximum Gasteiger partial charge on any atom is 0.304 e. The fourth-order valence-electron chi connectivity index (χ4n) is 5.65. The minimum atomic E-state index is -3.00. The van der Waals surface area contributed by atoms with E-state index < -0.39 is 15.8 Å². The second-order valence-electron chi connectivity index (χ2n) is 10.4. The second kappa shape index (κ2) is 10.9. The Balaban J connectivity index is 1.33. The molecule has 5 rings (SSSR count). The van der Waals surface area contributed by atoms with Crippen LogP contribution < -0.4 is 14.2 Å². The first-order chi connectivity index (χ1) is 18.6. The first kappa shape index (κ1) is 27.0. The standard InChI is InChI=1S/C30H33NO7S/c1-18-12-21(36-10-5-11-39(3,34)35)13-19(2)30(18)24-7-4-6-23-22(24)8-9-26(23)38-28-15-27-25(16-31-28)20(17-37-27)14-29(32)33/h4,6-7,12-13,15-16,20,26H,5,8-11,14,17H2,1-3H3,(H,32,33)/t20?,26-/m0/s1. The summed E-state index contributed by atoms with van der Waals surface area (Å²) in [5.41, 5.74) is 7.75. The number of aryl methyl sites for hydroxylation is 2. The molecule has 2 aromatic carbocycles. The lowest BCUT2D eigenvalue weighted by atomic mass is 9.90. The van der Waals surface area contributed by atoms with Crippen LogP contribution in [0.4, 0.5) is 0 Å². The van der Waals surface area contributed by atoms with Crippen LogP contribution in [0.5, 0.6) is 17.4 Å². The van der Waals surface area contributed by atoms with Gasteiger partial charge in [-0.3, -0.25) is 4.79 Å². The molecule has 2 atom stereocenters. The van der Waals surface area contributed by atoms with E-state index >= 15 is 0 Å². The summed E-state index contributed by atoms with van der Waals surface area (Å²) in [5.74, 6) is 0.922. The van der Waals surface area contributed by atoms with E-state index in [1.807, 2.05) is 12.1 Å². The summed E-state index contributed by atoms with van der Waals surface area (Å²) in [4.78, 5) is 15.6. The number of aromatic nitrogens is 1. The van der Waals surface area contributed by atoms with Gasteiger partial charge in [-0.2, -0.15) is 0 Å². The van der Waals surface area contributed by atoms with Gasteiger partial charge in [0.2, 0.25) is 5.88 Å². The molecule has 0 spiro atoms. The molecule has 0 saturated carbocycles. The summed E-state index contributed by atoms with van der Waals surface area (Å²) in [7, 11) is -3.00. The fourth-order valence-corrected chi connectivity index (χ4v) is 6.29. The van der Waals surface area contributed by atoms with Gasteiger partial charge < -0.3 is 19.3 Å². The number of benzene rings is 2. The van der Waals surface area contributed by atoms with Crippen molar-refractivity contribution in [2.45, 2.75) is 51.6 Å². The van der Waals surface area contributed by atoms with Gasteiger partial charge in [0.1, 0.15) is 27.4 Å². The highest BCUT2D eigenvalue weighted by Gasteiger charge is 2.30. The number of fused-ring (bicyclic) bond motifs is 2. The first-order valence-electron chi connectivity index (χ1n) is 13.1. The number of ether oxygens (including phenoxy) is 3. The van der Waals surface area contributed by atoms with E-state index in [0.29, 0.717) is 31.3 Å². The van der Waals surface area contributed by atoms with Gasteiger partial charge >= 0.3 is 5.97 Å². The molecular weight excluding hydrogens is 518 g/mol. The average Bonchev–Trinajstić information content (AvgIpc) is 3.45. The summed E-state index contributed by atoms with van der Waals surface area (Å²) in [6.07, 6.45) is 4.95. The first-order valence-corrected chi connectivity index (χ1v) is 15.2. The molecule has 0 bridgehead atoms. The number of sulfone groups is 1. The lowest BCUT2D eigenvalue weighted by molar-refractivity contribution is -0.137. The molecule has 0 saturated heterocycles. The molecule has 0 fully saturated rings. The maximum atomic E-state index is 11.4. The maximum absolute atomic E-state index is 11.4. The largest absolute Gasteiger partial charge is 0.494 e. The van der Waals surface area contributed by atoms with Crippen LogP contribution in [0.3, 0.4) is 0 Å². The summed E-state index contributed by atoms with van der Waals surface area (Å²) in [6, 6.07) is 12.1. The van der Waals surface area contributed by atoms with E-state index in [-0.39, 0.29) is 24.2 Å². The summed E-state index contributed by atoms with van der Waals surface area (Å²) in [5, 5.41) is 9.13. The molecular formula is C30H33NO7S. The topological polar surface area (TPSA) is 112 Å². The monoisotopic (exact) mass is 551 g/mol. The number of carbonyl (C=O) groups is 1. The molecule has 1 aliphatic carbocycles. The molecule has 1 unspecified atom stereocenters. The highest BCUT2D eigenvalue weighted by molar-refractivity contribution is 7.90. The Labute approximate surface area is 228 Å². The van der Waals surface area contributed by atoms with Crippen LogP contribution in [-0.4, -0.2) is 49.7 Å². The van der Waals surface area contributed by atoms with Gasteiger partial charge in [-0.25, -0.2) is 13.4 Å². The van der Waals surface area contributed by atoms with Crippen LogP contribution in [0.1, 0.15) is 59.1 Å². The van der Waals surface area contributed by atoms with E-state index in [0.717, 1.165) is 40.8 Å². The molecule has 0 radical (unpaired) electrons. The van der Waals surface area contributed by atoms with Crippen molar-refractivity contribution in [1.82, 2.24) is 4.98 Å². The molecule has 9 heteroatoms. The van der Waals surface area contributed by atoms with E-state index in [4.69, 9.17) is 19.3 Å². The van der Waals surface area contributed by atoms with Crippen LogP contribution >= 0.6 is 0 Å². The third-order valence-corrected chi connectivity index (χ3v) is 8.38. The number of nitrogens with zero attached hydrogens (tertiary/aromatic N) is 1. The number of carboxylic acid groups (broad SMARTS) is 1. The minimum Gasteiger partial charge on any atom is -0.494 e. The number of hydrogen-bond acceptors (Lipinski definition) is 7. The van der Waals surface area contributed by atoms with Crippen LogP contribution in [0.15, 0.2) is 42.6 Å². The average molecular weight is 552 g/mol. The molecule has 1 aliphatic heterocycles. The number of rotatable bonds is 10. The van der Waals surface area contributed by atoms with Crippen LogP contribution in [0, 0.1) is 13.8 Å². The third-order valence-electron chi connectivity index (χ3n) is 7.35. The minimum absolute atomic E-state index is 0.0166. The third kappa shape index (κ3) is 6.03. The fraction of sp³-hybridized carbons (Fsp3) is 0.400. The van der Waals surface area contributed by atoms with Crippen molar-refractivity contribution in [3.8, 4) is 28.5 Å². The van der Waals surface area contributed by atoms with Crippen molar-refractivity contribution >= 4 is 15.8 Å². The van der Waals surface area contributed by atoms with Crippen molar-refractivity contribution < 1.29 is 32.5 Å². The Morgan fingerprint density at radius 3 is 2.64 bits per heavy atom. The van der Waals surface area contributed by atoms with Crippen molar-refractivity contribution in [3.05, 3.63) is 70.4 Å². The number of pyridine rings is 1. The second-order valence-corrected chi connectivity index (χ2v) is 12.7. The molecule has 39 heavy (non-hydrogen) atoms. The Hall–Kier alpha value is -3.59. The molecule has 2 heterocycles. The molecule has 1 N–H and O–H groups in total. The van der Waals surface area contributed by atoms with E-state index in [9.17, 15) is 13.2 Å². The Kier molecular flexibility index (Phi) is 7.53. The zero-order chi connectivity index (χ0) is 27.7. The van der Waals surface area contributed by atoms with Gasteiger partial charge in [0.15, 0.2) is 0 Å². The zero-order valence-electron chi connectivity index (χ0n) is 22.4. The van der Waals surface area contributed by atoms with Gasteiger partial charge in [0.25, 0.3) is 0 Å². The van der Waals surface area contributed by atoms with Crippen molar-refractivity contribution in [2.75, 3.05) is 25.2 Å². The molecule has 0 amide bonds. The van der Waals surface area contributed by atoms with E-state index in [1.54, 1.807) is 12.3 Å². The molecule has 3 aromatic rings. The van der Waals surface area contributed by atoms with Gasteiger partial charge in [-0.05, 0) is 78.6 Å². The highest BCUT2D eigenvalue weighted by atomic mass is 32.2. The Bertz CT molecular complexity index is 1490. The lowest BCUT2D eigenvalue weighted by Gasteiger charge is -2.18. The number of carboxylic acids is 1. The van der Waals surface area contributed by atoms with Crippen LogP contribution in [0.2, 0.25) is 0 Å². The van der Waals surface area contributed by atoms with Gasteiger partial charge in [0, 0.05) is 30.0 Å². The lowest BCUT2D eigenvalue weighted by Crippen LogP contribution is -2.08. The van der Waals surface area contributed by atoms with Gasteiger partial charge in [-0.15, -0.1) is 0 Å². The quantitative estimate of drug-likeness (QED) is 0.343. The SMILES string of the molecule is Cc1cc(OCCCS(C)(=O)=O)cc(C)c1-c1cccc2c1CC[C@@H]2Oc1cc2c(cn1)C(CC(=O)O)CO2. The van der Waals surface area contributed by atoms with Crippen LogP contribution in [-0.2, 0) is 21.1 Å². The van der Waals surface area contributed by atoms with Crippen LogP contribution in [0.25, 0.3) is 11.1 Å². The Morgan fingerprint density at radius 1 is 1.15 bits per heavy atom. The molecule has 1 aromatic heterocycles. The van der Waals surface area contributed by atoms with Gasteiger partial charge in [0.05, 0.1) is 25.4 Å². The van der Waals surface area contributed by atoms with E-state index in [2.05, 4.69) is 37.0 Å². The molecule has 8 nitrogen and oxygen atoms in total. The van der Waals surface area contributed by atoms with E-state index in [1.165, 1.54) is 22.9 Å². The summed E-state index contributed by atoms with van der Waals surface area (Å²) < 4.78 is 40.6. The molecule has 206 valence electrons. The Morgan fingerprint density at radius 2 is 1.92 bits per heavy atom. The predicted molar refractivity (Wildman–Crippen MR) is 148 cm³/mol. The highest BCUT2D eigenvalue weighted by Crippen LogP contribution is 2.43. The van der Waals surface area contributed by atoms with Crippen molar-refractivity contribution in [3.63, 3.8) is 0 Å². The van der Waals surface area contributed by atoms with Gasteiger partial charge in [-0.1, -0.05) is 18.2 Å². The summed E-state index contributed by atoms with van der Waals surface area (Å²) in [6.45, 7) is 4.83. The van der Waals surface area contributed by atoms with Crippen molar-refractivity contribution in [1.29, 1.82) is 0 Å². The normalized spacial score (nSPS) is 17.8. The smallest absolute Gasteiger partial charge is 0.304 e.